The number of carbonyl (C=O) groups is 1. The van der Waals surface area contributed by atoms with Crippen LogP contribution in [-0.4, -0.2) is 5.91 Å². The number of carbonyl (C=O) groups excluding carboxylic acids is 1. The monoisotopic (exact) mass is 267 g/mol. The van der Waals surface area contributed by atoms with Crippen LogP contribution in [0.5, 0.6) is 0 Å². The Hall–Kier alpha value is -2.13. The highest BCUT2D eigenvalue weighted by atomic mass is 32.1. The maximum absolute atomic E-state index is 10.7. The molecule has 2 aromatic carbocycles. The number of benzene rings is 2. The molecule has 0 aliphatic rings. The van der Waals surface area contributed by atoms with Crippen LogP contribution in [0.1, 0.15) is 12.0 Å². The van der Waals surface area contributed by atoms with Gasteiger partial charge in [0.15, 0.2) is 0 Å². The number of thiophene rings is 1. The zero-order valence-electron chi connectivity index (χ0n) is 10.3. The zero-order valence-corrected chi connectivity index (χ0v) is 11.1. The van der Waals surface area contributed by atoms with Crippen molar-refractivity contribution >= 4 is 43.5 Å². The lowest BCUT2D eigenvalue weighted by Crippen LogP contribution is -2.07. The summed E-state index contributed by atoms with van der Waals surface area (Å²) in [6.07, 6.45) is 4.02. The minimum atomic E-state index is -0.307. The SMILES string of the molecule is NC(=O)CC=Cc1ccc2sc3ccccc3c2c1. The predicted octanol–water partition coefficient (Wildman–Crippen LogP) is 3.94. The molecule has 3 aromatic rings. The van der Waals surface area contributed by atoms with Crippen molar-refractivity contribution in [1.29, 1.82) is 0 Å². The third-order valence-corrected chi connectivity index (χ3v) is 4.18. The highest BCUT2D eigenvalue weighted by Crippen LogP contribution is 2.34. The Balaban J connectivity index is 2.06. The van der Waals surface area contributed by atoms with Crippen LogP contribution < -0.4 is 5.73 Å². The van der Waals surface area contributed by atoms with Crippen molar-refractivity contribution in [2.45, 2.75) is 6.42 Å². The molecule has 19 heavy (non-hydrogen) atoms. The van der Waals surface area contributed by atoms with E-state index < -0.39 is 0 Å². The first kappa shape index (κ1) is 11.9. The number of rotatable bonds is 3. The molecule has 0 fully saturated rings. The maximum Gasteiger partial charge on any atom is 0.221 e. The summed E-state index contributed by atoms with van der Waals surface area (Å²) in [7, 11) is 0. The Bertz CT molecular complexity index is 786. The largest absolute Gasteiger partial charge is 0.369 e. The summed E-state index contributed by atoms with van der Waals surface area (Å²) >= 11 is 1.80. The Labute approximate surface area is 115 Å². The Kier molecular flexibility index (Phi) is 3.05. The quantitative estimate of drug-likeness (QED) is 0.767. The summed E-state index contributed by atoms with van der Waals surface area (Å²) in [6, 6.07) is 14.8. The van der Waals surface area contributed by atoms with Crippen LogP contribution in [0.2, 0.25) is 0 Å². The Morgan fingerprint density at radius 2 is 1.89 bits per heavy atom. The molecule has 3 heteroatoms. The predicted molar refractivity (Wildman–Crippen MR) is 82.2 cm³/mol. The summed E-state index contributed by atoms with van der Waals surface area (Å²) in [4.78, 5) is 10.7. The molecule has 0 aliphatic carbocycles. The van der Waals surface area contributed by atoms with E-state index in [-0.39, 0.29) is 12.3 Å². The van der Waals surface area contributed by atoms with Gasteiger partial charge in [0.25, 0.3) is 0 Å². The van der Waals surface area contributed by atoms with E-state index in [1.54, 1.807) is 17.4 Å². The van der Waals surface area contributed by atoms with Gasteiger partial charge in [-0.15, -0.1) is 11.3 Å². The lowest BCUT2D eigenvalue weighted by atomic mass is 10.1. The van der Waals surface area contributed by atoms with E-state index in [1.807, 2.05) is 6.08 Å². The van der Waals surface area contributed by atoms with Gasteiger partial charge in [-0.25, -0.2) is 0 Å². The fourth-order valence-corrected chi connectivity index (χ4v) is 3.24. The minimum absolute atomic E-state index is 0.280. The van der Waals surface area contributed by atoms with E-state index in [9.17, 15) is 4.79 Å². The number of hydrogen-bond donors (Lipinski definition) is 1. The molecular weight excluding hydrogens is 254 g/mol. The van der Waals surface area contributed by atoms with Gasteiger partial charge in [-0.1, -0.05) is 36.4 Å². The van der Waals surface area contributed by atoms with Crippen LogP contribution in [0.15, 0.2) is 48.5 Å². The fraction of sp³-hybridized carbons (Fsp3) is 0.0625. The van der Waals surface area contributed by atoms with E-state index in [2.05, 4.69) is 42.5 Å². The average molecular weight is 267 g/mol. The molecule has 3 rings (SSSR count). The van der Waals surface area contributed by atoms with Crippen LogP contribution in [-0.2, 0) is 4.79 Å². The number of nitrogens with two attached hydrogens (primary N) is 1. The summed E-state index contributed by atoms with van der Waals surface area (Å²) in [6.45, 7) is 0. The summed E-state index contributed by atoms with van der Waals surface area (Å²) in [5, 5.41) is 2.55. The molecule has 0 saturated carbocycles. The van der Waals surface area contributed by atoms with Gasteiger partial charge in [-0.05, 0) is 23.8 Å². The second-order valence-electron chi connectivity index (χ2n) is 4.43. The van der Waals surface area contributed by atoms with Crippen molar-refractivity contribution in [1.82, 2.24) is 0 Å². The van der Waals surface area contributed by atoms with Crippen molar-refractivity contribution in [3.8, 4) is 0 Å². The molecule has 0 radical (unpaired) electrons. The van der Waals surface area contributed by atoms with Crippen LogP contribution in [0.4, 0.5) is 0 Å². The van der Waals surface area contributed by atoms with Crippen LogP contribution in [0.3, 0.4) is 0 Å². The van der Waals surface area contributed by atoms with E-state index in [1.165, 1.54) is 20.2 Å². The molecule has 0 spiro atoms. The summed E-state index contributed by atoms with van der Waals surface area (Å²) in [5.41, 5.74) is 6.21. The van der Waals surface area contributed by atoms with Gasteiger partial charge in [0, 0.05) is 26.6 Å². The molecule has 1 aromatic heterocycles. The molecule has 0 unspecified atom stereocenters. The third-order valence-electron chi connectivity index (χ3n) is 3.03. The van der Waals surface area contributed by atoms with Gasteiger partial charge in [0.05, 0.1) is 0 Å². The van der Waals surface area contributed by atoms with Crippen molar-refractivity contribution in [2.75, 3.05) is 0 Å². The highest BCUT2D eigenvalue weighted by molar-refractivity contribution is 7.25. The Morgan fingerprint density at radius 1 is 1.11 bits per heavy atom. The van der Waals surface area contributed by atoms with Crippen molar-refractivity contribution < 1.29 is 4.79 Å². The standard InChI is InChI=1S/C16H13NOS/c17-16(18)7-3-4-11-8-9-15-13(10-11)12-5-1-2-6-14(12)19-15/h1-6,8-10H,7H2,(H2,17,18). The molecule has 0 atom stereocenters. The number of fused-ring (bicyclic) bond motifs is 3. The molecule has 0 saturated heterocycles. The second-order valence-corrected chi connectivity index (χ2v) is 5.51. The number of amides is 1. The van der Waals surface area contributed by atoms with Crippen LogP contribution in [0.25, 0.3) is 26.2 Å². The first-order chi connectivity index (χ1) is 9.24. The van der Waals surface area contributed by atoms with Gasteiger partial charge >= 0.3 is 0 Å². The normalized spacial score (nSPS) is 11.6. The van der Waals surface area contributed by atoms with Crippen molar-refractivity contribution in [3.05, 3.63) is 54.1 Å². The van der Waals surface area contributed by atoms with Gasteiger partial charge in [-0.2, -0.15) is 0 Å². The molecule has 0 bridgehead atoms. The minimum Gasteiger partial charge on any atom is -0.369 e. The van der Waals surface area contributed by atoms with E-state index in [0.717, 1.165) is 5.56 Å². The highest BCUT2D eigenvalue weighted by Gasteiger charge is 2.03. The fourth-order valence-electron chi connectivity index (χ4n) is 2.16. The maximum atomic E-state index is 10.7. The third kappa shape index (κ3) is 2.37. The first-order valence-electron chi connectivity index (χ1n) is 6.10. The molecule has 2 N–H and O–H groups in total. The summed E-state index contributed by atoms with van der Waals surface area (Å²) in [5.74, 6) is -0.307. The van der Waals surface area contributed by atoms with Gasteiger partial charge in [0.1, 0.15) is 0 Å². The van der Waals surface area contributed by atoms with Gasteiger partial charge in [0.2, 0.25) is 5.91 Å². The summed E-state index contributed by atoms with van der Waals surface area (Å²) < 4.78 is 2.59. The molecule has 1 amide bonds. The number of hydrogen-bond acceptors (Lipinski definition) is 2. The van der Waals surface area contributed by atoms with Crippen molar-refractivity contribution in [3.63, 3.8) is 0 Å². The van der Waals surface area contributed by atoms with Gasteiger partial charge < -0.3 is 5.73 Å². The zero-order chi connectivity index (χ0) is 13.2. The first-order valence-corrected chi connectivity index (χ1v) is 6.92. The van der Waals surface area contributed by atoms with Crippen LogP contribution in [0, 0.1) is 0 Å². The lowest BCUT2D eigenvalue weighted by Gasteiger charge is -1.95. The van der Waals surface area contributed by atoms with Crippen molar-refractivity contribution in [2.24, 2.45) is 5.73 Å². The molecule has 2 nitrogen and oxygen atoms in total. The van der Waals surface area contributed by atoms with E-state index >= 15 is 0 Å². The average Bonchev–Trinajstić information content (AvgIpc) is 2.76. The Morgan fingerprint density at radius 3 is 2.74 bits per heavy atom. The molecule has 0 aliphatic heterocycles. The topological polar surface area (TPSA) is 43.1 Å². The molecule has 94 valence electrons. The second kappa shape index (κ2) is 4.86. The van der Waals surface area contributed by atoms with Gasteiger partial charge in [-0.3, -0.25) is 4.79 Å². The van der Waals surface area contributed by atoms with E-state index in [4.69, 9.17) is 5.73 Å². The molecular formula is C16H13NOS. The van der Waals surface area contributed by atoms with E-state index in [0.29, 0.717) is 0 Å². The molecule has 1 heterocycles. The lowest BCUT2D eigenvalue weighted by molar-refractivity contribution is -0.117. The number of primary amides is 1. The van der Waals surface area contributed by atoms with Crippen LogP contribution >= 0.6 is 11.3 Å². The smallest absolute Gasteiger partial charge is 0.221 e.